The summed E-state index contributed by atoms with van der Waals surface area (Å²) < 4.78 is 5.93. The molecule has 3 aromatic rings. The lowest BCUT2D eigenvalue weighted by molar-refractivity contribution is -0.160. The van der Waals surface area contributed by atoms with Gasteiger partial charge in [-0.25, -0.2) is 4.79 Å². The predicted molar refractivity (Wildman–Crippen MR) is 111 cm³/mol. The van der Waals surface area contributed by atoms with Crippen LogP contribution in [0.4, 0.5) is 0 Å². The van der Waals surface area contributed by atoms with Gasteiger partial charge in [-0.05, 0) is 68.7 Å². The molecule has 0 amide bonds. The quantitative estimate of drug-likeness (QED) is 0.639. The number of ether oxygens (including phenoxy) is 1. The molecule has 1 heterocycles. The molecule has 1 atom stereocenters. The van der Waals surface area contributed by atoms with Gasteiger partial charge in [-0.15, -0.1) is 0 Å². The van der Waals surface area contributed by atoms with Crippen LogP contribution < -0.4 is 5.56 Å². The molecule has 0 saturated heterocycles. The first kappa shape index (κ1) is 20.1. The SMILES string of the molecule is Cc1cc2[nH]c(=O)ccc2c(-c2ccc(Cl)cc2)c1[C@H](OC(C)(C)C)C(=O)O. The van der Waals surface area contributed by atoms with E-state index in [-0.39, 0.29) is 5.56 Å². The fourth-order valence-corrected chi connectivity index (χ4v) is 3.44. The van der Waals surface area contributed by atoms with Crippen molar-refractivity contribution >= 4 is 28.5 Å². The summed E-state index contributed by atoms with van der Waals surface area (Å²) in [6.45, 7) is 7.28. The van der Waals surface area contributed by atoms with Gasteiger partial charge in [0, 0.05) is 27.6 Å². The number of aryl methyl sites for hydroxylation is 1. The van der Waals surface area contributed by atoms with Gasteiger partial charge in [0.05, 0.1) is 5.60 Å². The van der Waals surface area contributed by atoms with Gasteiger partial charge in [0.2, 0.25) is 5.56 Å². The summed E-state index contributed by atoms with van der Waals surface area (Å²) >= 11 is 6.04. The van der Waals surface area contributed by atoms with Crippen molar-refractivity contribution in [3.05, 3.63) is 69.0 Å². The van der Waals surface area contributed by atoms with E-state index < -0.39 is 17.7 Å². The molecule has 146 valence electrons. The number of hydrogen-bond acceptors (Lipinski definition) is 3. The number of carboxylic acid groups (broad SMARTS) is 1. The van der Waals surface area contributed by atoms with Crippen molar-refractivity contribution in [3.63, 3.8) is 0 Å². The van der Waals surface area contributed by atoms with Gasteiger partial charge in [0.15, 0.2) is 6.10 Å². The van der Waals surface area contributed by atoms with Crippen LogP contribution in [0.3, 0.4) is 0 Å². The average molecular weight is 400 g/mol. The number of halogens is 1. The molecule has 3 rings (SSSR count). The second kappa shape index (κ2) is 7.41. The van der Waals surface area contributed by atoms with E-state index in [4.69, 9.17) is 16.3 Å². The minimum absolute atomic E-state index is 0.220. The van der Waals surface area contributed by atoms with Crippen LogP contribution in [0, 0.1) is 6.92 Å². The molecule has 6 heteroatoms. The number of H-pyrrole nitrogens is 1. The zero-order valence-electron chi connectivity index (χ0n) is 16.2. The van der Waals surface area contributed by atoms with Crippen LogP contribution in [-0.4, -0.2) is 21.7 Å². The van der Waals surface area contributed by atoms with Crippen molar-refractivity contribution in [2.75, 3.05) is 0 Å². The molecule has 0 aliphatic rings. The molecule has 0 unspecified atom stereocenters. The standard InChI is InChI=1S/C22H22ClNO4/c1-12-11-16-15(9-10-17(25)24-16)19(13-5-7-14(23)8-6-13)18(12)20(21(26)27)28-22(2,3)4/h5-11,20H,1-4H3,(H,24,25)(H,26,27)/t20-/m0/s1. The van der Waals surface area contributed by atoms with Crippen molar-refractivity contribution in [3.8, 4) is 11.1 Å². The van der Waals surface area contributed by atoms with Gasteiger partial charge in [-0.1, -0.05) is 23.7 Å². The molecule has 0 fully saturated rings. The highest BCUT2D eigenvalue weighted by Gasteiger charge is 2.31. The van der Waals surface area contributed by atoms with Gasteiger partial charge in [-0.3, -0.25) is 4.79 Å². The monoisotopic (exact) mass is 399 g/mol. The number of aromatic nitrogens is 1. The van der Waals surface area contributed by atoms with Crippen molar-refractivity contribution in [2.24, 2.45) is 0 Å². The number of carbonyl (C=O) groups is 1. The van der Waals surface area contributed by atoms with Gasteiger partial charge >= 0.3 is 5.97 Å². The maximum Gasteiger partial charge on any atom is 0.337 e. The summed E-state index contributed by atoms with van der Waals surface area (Å²) in [6, 6.07) is 12.1. The first-order valence-electron chi connectivity index (χ1n) is 8.90. The van der Waals surface area contributed by atoms with E-state index in [2.05, 4.69) is 4.98 Å². The Morgan fingerprint density at radius 1 is 1.14 bits per heavy atom. The molecule has 0 bridgehead atoms. The van der Waals surface area contributed by atoms with E-state index in [1.54, 1.807) is 24.3 Å². The van der Waals surface area contributed by atoms with E-state index in [9.17, 15) is 14.7 Å². The number of rotatable bonds is 4. The second-order valence-electron chi connectivity index (χ2n) is 7.72. The average Bonchev–Trinajstić information content (AvgIpc) is 2.58. The van der Waals surface area contributed by atoms with E-state index in [1.165, 1.54) is 6.07 Å². The maximum atomic E-state index is 12.2. The highest BCUT2D eigenvalue weighted by molar-refractivity contribution is 6.30. The molecular weight excluding hydrogens is 378 g/mol. The number of fused-ring (bicyclic) bond motifs is 1. The normalized spacial score (nSPS) is 12.9. The Morgan fingerprint density at radius 2 is 1.79 bits per heavy atom. The van der Waals surface area contributed by atoms with Gasteiger partial charge in [0.25, 0.3) is 0 Å². The fourth-order valence-electron chi connectivity index (χ4n) is 3.31. The lowest BCUT2D eigenvalue weighted by Gasteiger charge is -2.28. The molecule has 0 spiro atoms. The van der Waals surface area contributed by atoms with Crippen LogP contribution in [0.1, 0.15) is 38.0 Å². The first-order valence-corrected chi connectivity index (χ1v) is 9.28. The summed E-state index contributed by atoms with van der Waals surface area (Å²) in [6.07, 6.45) is -1.16. The van der Waals surface area contributed by atoms with Crippen LogP contribution >= 0.6 is 11.6 Å². The summed E-state index contributed by atoms with van der Waals surface area (Å²) in [4.78, 5) is 26.8. The zero-order valence-corrected chi connectivity index (χ0v) is 16.9. The van der Waals surface area contributed by atoms with Crippen LogP contribution in [0.5, 0.6) is 0 Å². The molecule has 0 radical (unpaired) electrons. The molecular formula is C22H22ClNO4. The predicted octanol–water partition coefficient (Wildman–Crippen LogP) is 5.10. The molecule has 2 aromatic carbocycles. The number of pyridine rings is 1. The van der Waals surface area contributed by atoms with Gasteiger partial charge in [-0.2, -0.15) is 0 Å². The Balaban J connectivity index is 2.40. The molecule has 0 aliphatic heterocycles. The van der Waals surface area contributed by atoms with Crippen molar-refractivity contribution in [1.29, 1.82) is 0 Å². The number of carboxylic acids is 1. The summed E-state index contributed by atoms with van der Waals surface area (Å²) in [5.41, 5.74) is 2.54. The van der Waals surface area contributed by atoms with Crippen LogP contribution in [0.25, 0.3) is 22.0 Å². The number of aliphatic carboxylic acids is 1. The lowest BCUT2D eigenvalue weighted by Crippen LogP contribution is -2.28. The Labute approximate surface area is 167 Å². The fraction of sp³-hybridized carbons (Fsp3) is 0.273. The van der Waals surface area contributed by atoms with Crippen molar-refractivity contribution in [1.82, 2.24) is 4.98 Å². The Kier molecular flexibility index (Phi) is 5.33. The van der Waals surface area contributed by atoms with Gasteiger partial charge in [0.1, 0.15) is 0 Å². The van der Waals surface area contributed by atoms with E-state index in [1.807, 2.05) is 39.8 Å². The Bertz CT molecular complexity index is 1090. The highest BCUT2D eigenvalue weighted by Crippen LogP contribution is 2.40. The number of nitrogens with one attached hydrogen (secondary N) is 1. The first-order chi connectivity index (χ1) is 13.1. The third-order valence-corrected chi connectivity index (χ3v) is 4.62. The van der Waals surface area contributed by atoms with E-state index in [0.29, 0.717) is 21.7 Å². The Hall–Kier alpha value is -2.63. The molecule has 5 nitrogen and oxygen atoms in total. The largest absolute Gasteiger partial charge is 0.479 e. The van der Waals surface area contributed by atoms with Crippen LogP contribution in [0.2, 0.25) is 5.02 Å². The van der Waals surface area contributed by atoms with Crippen LogP contribution in [-0.2, 0) is 9.53 Å². The van der Waals surface area contributed by atoms with E-state index in [0.717, 1.165) is 16.5 Å². The molecule has 0 saturated carbocycles. The second-order valence-corrected chi connectivity index (χ2v) is 8.16. The topological polar surface area (TPSA) is 79.4 Å². The zero-order chi connectivity index (χ0) is 20.6. The number of hydrogen-bond donors (Lipinski definition) is 2. The molecule has 1 aromatic heterocycles. The third-order valence-electron chi connectivity index (χ3n) is 4.36. The molecule has 28 heavy (non-hydrogen) atoms. The highest BCUT2D eigenvalue weighted by atomic mass is 35.5. The van der Waals surface area contributed by atoms with E-state index >= 15 is 0 Å². The minimum atomic E-state index is -1.16. The van der Waals surface area contributed by atoms with Crippen LogP contribution in [0.15, 0.2) is 47.3 Å². The summed E-state index contributed by atoms with van der Waals surface area (Å²) in [5.74, 6) is -1.07. The minimum Gasteiger partial charge on any atom is -0.479 e. The summed E-state index contributed by atoms with van der Waals surface area (Å²) in [7, 11) is 0. The lowest BCUT2D eigenvalue weighted by atomic mass is 9.88. The molecule has 0 aliphatic carbocycles. The third kappa shape index (κ3) is 4.11. The van der Waals surface area contributed by atoms with Crippen molar-refractivity contribution in [2.45, 2.75) is 39.4 Å². The van der Waals surface area contributed by atoms with Gasteiger partial charge < -0.3 is 14.8 Å². The smallest absolute Gasteiger partial charge is 0.337 e. The molecule has 2 N–H and O–H groups in total. The number of benzene rings is 2. The van der Waals surface area contributed by atoms with Crippen molar-refractivity contribution < 1.29 is 14.6 Å². The Morgan fingerprint density at radius 3 is 2.36 bits per heavy atom. The number of aromatic amines is 1. The maximum absolute atomic E-state index is 12.2. The summed E-state index contributed by atoms with van der Waals surface area (Å²) in [5, 5.41) is 11.3.